The molecule has 2 atom stereocenters. The molecule has 0 aromatic heterocycles. The average molecular weight is 247 g/mol. The summed E-state index contributed by atoms with van der Waals surface area (Å²) in [5.74, 6) is -0.504. The summed E-state index contributed by atoms with van der Waals surface area (Å²) in [5.41, 5.74) is 0.707. The molecule has 0 radical (unpaired) electrons. The van der Waals surface area contributed by atoms with Crippen molar-refractivity contribution in [3.8, 4) is 0 Å². The van der Waals surface area contributed by atoms with Crippen LogP contribution in [-0.2, 0) is 6.42 Å². The van der Waals surface area contributed by atoms with Crippen molar-refractivity contribution in [2.45, 2.75) is 32.5 Å². The maximum absolute atomic E-state index is 12.9. The summed E-state index contributed by atoms with van der Waals surface area (Å²) < 4.78 is 12.9. The third kappa shape index (κ3) is 3.44. The van der Waals surface area contributed by atoms with Gasteiger partial charge in [-0.1, -0.05) is 31.5 Å². The Kier molecular flexibility index (Phi) is 4.71. The number of hydrogen-bond acceptors (Lipinski definition) is 2. The molecule has 0 heterocycles. The Bertz CT molecular complexity index is 355. The predicted octanol–water partition coefficient (Wildman–Crippen LogP) is 2.40. The lowest BCUT2D eigenvalue weighted by atomic mass is 9.96. The number of halogens is 2. The molecule has 0 amide bonds. The van der Waals surface area contributed by atoms with E-state index in [9.17, 15) is 14.6 Å². The van der Waals surface area contributed by atoms with Crippen LogP contribution in [0.1, 0.15) is 19.4 Å². The molecule has 2 N–H and O–H groups in total. The van der Waals surface area contributed by atoms with Gasteiger partial charge >= 0.3 is 0 Å². The Morgan fingerprint density at radius 1 is 1.31 bits per heavy atom. The molecule has 0 saturated carbocycles. The zero-order valence-electron chi connectivity index (χ0n) is 9.32. The van der Waals surface area contributed by atoms with Crippen LogP contribution in [0.5, 0.6) is 0 Å². The van der Waals surface area contributed by atoms with Gasteiger partial charge in [0.25, 0.3) is 0 Å². The first-order chi connectivity index (χ1) is 7.41. The number of hydrogen-bond donors (Lipinski definition) is 2. The summed E-state index contributed by atoms with van der Waals surface area (Å²) in [6.07, 6.45) is -1.38. The minimum atomic E-state index is -0.860. The normalized spacial score (nSPS) is 15.2. The van der Waals surface area contributed by atoms with Crippen LogP contribution in [-0.4, -0.2) is 22.4 Å². The van der Waals surface area contributed by atoms with Gasteiger partial charge in [-0.3, -0.25) is 0 Å². The molecule has 0 aliphatic carbocycles. The van der Waals surface area contributed by atoms with Crippen molar-refractivity contribution in [1.29, 1.82) is 0 Å². The topological polar surface area (TPSA) is 40.5 Å². The van der Waals surface area contributed by atoms with Gasteiger partial charge in [0.2, 0.25) is 0 Å². The van der Waals surface area contributed by atoms with Crippen LogP contribution in [0, 0.1) is 11.7 Å². The van der Waals surface area contributed by atoms with E-state index in [-0.39, 0.29) is 17.4 Å². The second-order valence-electron chi connectivity index (χ2n) is 4.25. The van der Waals surface area contributed by atoms with Crippen molar-refractivity contribution >= 4 is 11.6 Å². The van der Waals surface area contributed by atoms with Crippen LogP contribution < -0.4 is 0 Å². The molecule has 90 valence electrons. The smallest absolute Gasteiger partial charge is 0.141 e. The lowest BCUT2D eigenvalue weighted by Gasteiger charge is -2.21. The van der Waals surface area contributed by atoms with Crippen molar-refractivity contribution < 1.29 is 14.6 Å². The largest absolute Gasteiger partial charge is 0.390 e. The summed E-state index contributed by atoms with van der Waals surface area (Å²) in [4.78, 5) is 0. The van der Waals surface area contributed by atoms with Gasteiger partial charge < -0.3 is 10.2 Å². The fourth-order valence-electron chi connectivity index (χ4n) is 1.47. The molecule has 4 heteroatoms. The van der Waals surface area contributed by atoms with Crippen LogP contribution in [0.3, 0.4) is 0 Å². The fourth-order valence-corrected chi connectivity index (χ4v) is 1.68. The van der Waals surface area contributed by atoms with Gasteiger partial charge in [0.15, 0.2) is 0 Å². The van der Waals surface area contributed by atoms with Crippen LogP contribution in [0.4, 0.5) is 4.39 Å². The lowest BCUT2D eigenvalue weighted by molar-refractivity contribution is -0.00731. The number of aliphatic hydroxyl groups is 2. The highest BCUT2D eigenvalue weighted by atomic mass is 35.5. The summed E-state index contributed by atoms with van der Waals surface area (Å²) in [7, 11) is 0. The van der Waals surface area contributed by atoms with Gasteiger partial charge in [-0.2, -0.15) is 0 Å². The molecule has 2 unspecified atom stereocenters. The predicted molar refractivity (Wildman–Crippen MR) is 62.0 cm³/mol. The first-order valence-electron chi connectivity index (χ1n) is 5.22. The first kappa shape index (κ1) is 13.4. The summed E-state index contributed by atoms with van der Waals surface area (Å²) in [6, 6.07) is 4.27. The van der Waals surface area contributed by atoms with E-state index >= 15 is 0 Å². The van der Waals surface area contributed by atoms with Gasteiger partial charge in [-0.05, 0) is 23.6 Å². The van der Waals surface area contributed by atoms with Gasteiger partial charge in [0, 0.05) is 6.42 Å². The number of benzene rings is 1. The van der Waals surface area contributed by atoms with E-state index < -0.39 is 18.0 Å². The van der Waals surface area contributed by atoms with Gasteiger partial charge in [-0.15, -0.1) is 0 Å². The standard InChI is InChI=1S/C12H16ClFO2/c1-7(2)12(16)11(15)6-8-3-4-10(14)9(13)5-8/h3-5,7,11-12,15-16H,6H2,1-2H3. The zero-order chi connectivity index (χ0) is 12.3. The highest BCUT2D eigenvalue weighted by molar-refractivity contribution is 6.30. The second-order valence-corrected chi connectivity index (χ2v) is 4.66. The number of rotatable bonds is 4. The van der Waals surface area contributed by atoms with E-state index in [1.807, 2.05) is 13.8 Å². The van der Waals surface area contributed by atoms with E-state index in [1.165, 1.54) is 12.1 Å². The third-order valence-electron chi connectivity index (χ3n) is 2.51. The molecule has 0 spiro atoms. The SMILES string of the molecule is CC(C)C(O)C(O)Cc1ccc(F)c(Cl)c1. The molecule has 1 aromatic rings. The Morgan fingerprint density at radius 2 is 1.94 bits per heavy atom. The summed E-state index contributed by atoms with van der Waals surface area (Å²) in [5, 5.41) is 19.4. The quantitative estimate of drug-likeness (QED) is 0.857. The van der Waals surface area contributed by atoms with Gasteiger partial charge in [0.1, 0.15) is 5.82 Å². The third-order valence-corrected chi connectivity index (χ3v) is 2.80. The minimum absolute atomic E-state index is 0.0223. The molecular weight excluding hydrogens is 231 g/mol. The molecule has 2 nitrogen and oxygen atoms in total. The summed E-state index contributed by atoms with van der Waals surface area (Å²) >= 11 is 5.62. The molecule has 0 fully saturated rings. The molecule has 0 aliphatic rings. The van der Waals surface area contributed by atoms with E-state index in [2.05, 4.69) is 0 Å². The van der Waals surface area contributed by atoms with Crippen molar-refractivity contribution in [2.75, 3.05) is 0 Å². The van der Waals surface area contributed by atoms with Crippen molar-refractivity contribution in [3.05, 3.63) is 34.6 Å². The van der Waals surface area contributed by atoms with Crippen molar-refractivity contribution in [3.63, 3.8) is 0 Å². The Hall–Kier alpha value is -0.640. The highest BCUT2D eigenvalue weighted by Gasteiger charge is 2.20. The van der Waals surface area contributed by atoms with E-state index in [0.717, 1.165) is 0 Å². The van der Waals surface area contributed by atoms with E-state index in [1.54, 1.807) is 6.07 Å². The molecule has 1 aromatic carbocycles. The highest BCUT2D eigenvalue weighted by Crippen LogP contribution is 2.18. The molecular formula is C12H16ClFO2. The first-order valence-corrected chi connectivity index (χ1v) is 5.59. The van der Waals surface area contributed by atoms with Crippen LogP contribution in [0.15, 0.2) is 18.2 Å². The molecule has 0 bridgehead atoms. The van der Waals surface area contributed by atoms with E-state index in [0.29, 0.717) is 5.56 Å². The second kappa shape index (κ2) is 5.62. The Balaban J connectivity index is 2.69. The van der Waals surface area contributed by atoms with Gasteiger partial charge in [0.05, 0.1) is 17.2 Å². The Morgan fingerprint density at radius 3 is 2.44 bits per heavy atom. The summed E-state index contributed by atoms with van der Waals surface area (Å²) in [6.45, 7) is 3.65. The minimum Gasteiger partial charge on any atom is -0.390 e. The molecule has 16 heavy (non-hydrogen) atoms. The zero-order valence-corrected chi connectivity index (χ0v) is 10.1. The molecule has 0 aliphatic heterocycles. The van der Waals surface area contributed by atoms with Crippen molar-refractivity contribution in [1.82, 2.24) is 0 Å². The Labute approximate surface area is 99.7 Å². The maximum Gasteiger partial charge on any atom is 0.141 e. The molecule has 0 saturated heterocycles. The lowest BCUT2D eigenvalue weighted by Crippen LogP contribution is -2.32. The molecule has 1 rings (SSSR count). The van der Waals surface area contributed by atoms with Crippen LogP contribution in [0.25, 0.3) is 0 Å². The van der Waals surface area contributed by atoms with Crippen LogP contribution in [0.2, 0.25) is 5.02 Å². The average Bonchev–Trinajstić information content (AvgIpc) is 2.22. The van der Waals surface area contributed by atoms with Crippen LogP contribution >= 0.6 is 11.6 Å². The monoisotopic (exact) mass is 246 g/mol. The van der Waals surface area contributed by atoms with Gasteiger partial charge in [-0.25, -0.2) is 4.39 Å². The van der Waals surface area contributed by atoms with Crippen molar-refractivity contribution in [2.24, 2.45) is 5.92 Å². The fraction of sp³-hybridized carbons (Fsp3) is 0.500. The number of aliphatic hydroxyl groups excluding tert-OH is 2. The maximum atomic E-state index is 12.9. The van der Waals surface area contributed by atoms with E-state index in [4.69, 9.17) is 11.6 Å².